The molecule has 3 aliphatic rings. The Balaban J connectivity index is 1.48. The third-order valence-corrected chi connectivity index (χ3v) is 6.07. The number of nitrogens with zero attached hydrogens (tertiary/aromatic N) is 2. The maximum absolute atomic E-state index is 12.7. The van der Waals surface area contributed by atoms with E-state index in [-0.39, 0.29) is 11.8 Å². The van der Waals surface area contributed by atoms with Crippen LogP contribution >= 0.6 is 0 Å². The van der Waals surface area contributed by atoms with Gasteiger partial charge in [0.15, 0.2) is 0 Å². The zero-order valence-electron chi connectivity index (χ0n) is 14.3. The van der Waals surface area contributed by atoms with Gasteiger partial charge in [-0.05, 0) is 69.7 Å². The summed E-state index contributed by atoms with van der Waals surface area (Å²) in [7, 11) is 0. The second kappa shape index (κ2) is 4.82. The highest BCUT2D eigenvalue weighted by atomic mass is 16.2. The molecule has 2 aromatic heterocycles. The third kappa shape index (κ3) is 1.97. The fourth-order valence-electron chi connectivity index (χ4n) is 4.81. The molecule has 1 aliphatic heterocycles. The Kier molecular flexibility index (Phi) is 2.90. The van der Waals surface area contributed by atoms with Crippen LogP contribution in [0.15, 0.2) is 18.3 Å². The van der Waals surface area contributed by atoms with Crippen LogP contribution in [0.2, 0.25) is 0 Å². The lowest BCUT2D eigenvalue weighted by atomic mass is 9.99. The molecule has 3 heterocycles. The van der Waals surface area contributed by atoms with Gasteiger partial charge >= 0.3 is 0 Å². The monoisotopic (exact) mass is 324 g/mol. The van der Waals surface area contributed by atoms with Gasteiger partial charge in [0, 0.05) is 12.1 Å². The molecule has 0 bridgehead atoms. The van der Waals surface area contributed by atoms with Gasteiger partial charge in [0.2, 0.25) is 5.91 Å². The minimum absolute atomic E-state index is 0.195. The van der Waals surface area contributed by atoms with Crippen molar-refractivity contribution < 1.29 is 4.79 Å². The smallest absolute Gasteiger partial charge is 0.224 e. The standard InChI is InChI=1S/C19H24N4O/c1-19(2,22-17(24)15-12-9-20-10-13(12)15)18-21-14-7-3-5-11-6-4-8-23(18)16(11)14/h4,6,8,12-13,15,20H,3,5,7,9-10H2,1-2H3,(H,22,24)/t12-,13+,15?. The van der Waals surface area contributed by atoms with E-state index in [0.29, 0.717) is 11.8 Å². The zero-order chi connectivity index (χ0) is 16.5. The normalized spacial score (nSPS) is 28.0. The molecule has 5 heteroatoms. The van der Waals surface area contributed by atoms with E-state index in [0.717, 1.165) is 38.2 Å². The maximum atomic E-state index is 12.7. The molecular weight excluding hydrogens is 300 g/mol. The topological polar surface area (TPSA) is 58.4 Å². The Bertz CT molecular complexity index is 827. The summed E-state index contributed by atoms with van der Waals surface area (Å²) < 4.78 is 2.19. The van der Waals surface area contributed by atoms with E-state index in [4.69, 9.17) is 4.98 Å². The average Bonchev–Trinajstić information content (AvgIpc) is 2.90. The van der Waals surface area contributed by atoms with Crippen molar-refractivity contribution in [2.75, 3.05) is 13.1 Å². The summed E-state index contributed by atoms with van der Waals surface area (Å²) in [4.78, 5) is 17.7. The largest absolute Gasteiger partial charge is 0.344 e. The van der Waals surface area contributed by atoms with E-state index >= 15 is 0 Å². The maximum Gasteiger partial charge on any atom is 0.224 e. The SMILES string of the molecule is CC(C)(NC(=O)C1[C@H]2CNC[C@@H]12)c1nc2c3c(cccn13)CCC2. The van der Waals surface area contributed by atoms with Gasteiger partial charge in [-0.2, -0.15) is 0 Å². The van der Waals surface area contributed by atoms with Crippen molar-refractivity contribution in [2.24, 2.45) is 17.8 Å². The number of carbonyl (C=O) groups excluding carboxylic acids is 1. The first-order valence-corrected chi connectivity index (χ1v) is 9.08. The van der Waals surface area contributed by atoms with Gasteiger partial charge in [-0.1, -0.05) is 6.07 Å². The molecule has 0 radical (unpaired) electrons. The molecular formula is C19H24N4O. The number of aryl methyl sites for hydroxylation is 2. The van der Waals surface area contributed by atoms with Crippen LogP contribution in [0.5, 0.6) is 0 Å². The number of piperidine rings is 1. The number of hydrogen-bond donors (Lipinski definition) is 2. The third-order valence-electron chi connectivity index (χ3n) is 6.07. The lowest BCUT2D eigenvalue weighted by molar-refractivity contribution is -0.124. The number of amides is 1. The zero-order valence-corrected chi connectivity index (χ0v) is 14.3. The summed E-state index contributed by atoms with van der Waals surface area (Å²) in [6.45, 7) is 6.13. The predicted molar refractivity (Wildman–Crippen MR) is 91.7 cm³/mol. The van der Waals surface area contributed by atoms with Crippen molar-refractivity contribution in [3.63, 3.8) is 0 Å². The summed E-state index contributed by atoms with van der Waals surface area (Å²) in [5.74, 6) is 2.43. The highest BCUT2D eigenvalue weighted by molar-refractivity contribution is 5.83. The van der Waals surface area contributed by atoms with Crippen molar-refractivity contribution in [3.05, 3.63) is 35.4 Å². The Hall–Kier alpha value is -1.88. The summed E-state index contributed by atoms with van der Waals surface area (Å²) in [5, 5.41) is 6.64. The molecule has 3 atom stereocenters. The van der Waals surface area contributed by atoms with Gasteiger partial charge in [0.25, 0.3) is 0 Å². The number of pyridine rings is 1. The van der Waals surface area contributed by atoms with Crippen molar-refractivity contribution in [1.82, 2.24) is 20.0 Å². The van der Waals surface area contributed by atoms with Crippen LogP contribution in [-0.4, -0.2) is 28.4 Å². The molecule has 24 heavy (non-hydrogen) atoms. The molecule has 1 unspecified atom stereocenters. The number of nitrogens with one attached hydrogen (secondary N) is 2. The molecule has 2 aliphatic carbocycles. The molecule has 1 saturated carbocycles. The highest BCUT2D eigenvalue weighted by Gasteiger charge is 2.57. The first-order valence-electron chi connectivity index (χ1n) is 9.08. The first kappa shape index (κ1) is 14.5. The molecule has 1 saturated heterocycles. The molecule has 0 spiro atoms. The van der Waals surface area contributed by atoms with Gasteiger partial charge in [0.1, 0.15) is 5.82 Å². The van der Waals surface area contributed by atoms with Crippen molar-refractivity contribution in [3.8, 4) is 0 Å². The minimum atomic E-state index is -0.467. The van der Waals surface area contributed by atoms with Crippen molar-refractivity contribution >= 4 is 11.4 Å². The highest BCUT2D eigenvalue weighted by Crippen LogP contribution is 2.49. The van der Waals surface area contributed by atoms with Crippen LogP contribution in [0, 0.1) is 17.8 Å². The summed E-state index contributed by atoms with van der Waals surface area (Å²) >= 11 is 0. The number of hydrogen-bond acceptors (Lipinski definition) is 3. The Morgan fingerprint density at radius 2 is 2.12 bits per heavy atom. The second-order valence-electron chi connectivity index (χ2n) is 8.11. The number of fused-ring (bicyclic) bond motifs is 1. The van der Waals surface area contributed by atoms with Crippen LogP contribution in [0.3, 0.4) is 0 Å². The lowest BCUT2D eigenvalue weighted by Crippen LogP contribution is -2.44. The van der Waals surface area contributed by atoms with Gasteiger partial charge in [-0.25, -0.2) is 4.98 Å². The molecule has 126 valence electrons. The van der Waals surface area contributed by atoms with Crippen molar-refractivity contribution in [1.29, 1.82) is 0 Å². The fraction of sp³-hybridized carbons (Fsp3) is 0.579. The van der Waals surface area contributed by atoms with Crippen LogP contribution in [0.25, 0.3) is 5.52 Å². The molecule has 2 N–H and O–H groups in total. The number of carbonyl (C=O) groups is 1. The molecule has 5 rings (SSSR count). The lowest BCUT2D eigenvalue weighted by Gasteiger charge is -2.26. The van der Waals surface area contributed by atoms with Gasteiger partial charge in [-0.15, -0.1) is 0 Å². The van der Waals surface area contributed by atoms with E-state index in [9.17, 15) is 4.79 Å². The molecule has 0 aromatic carbocycles. The van der Waals surface area contributed by atoms with Gasteiger partial charge in [-0.3, -0.25) is 4.79 Å². The molecule has 5 nitrogen and oxygen atoms in total. The van der Waals surface area contributed by atoms with E-state index < -0.39 is 5.54 Å². The molecule has 2 aromatic rings. The predicted octanol–water partition coefficient (Wildman–Crippen LogP) is 1.64. The Morgan fingerprint density at radius 3 is 2.92 bits per heavy atom. The van der Waals surface area contributed by atoms with Crippen LogP contribution < -0.4 is 10.6 Å². The molecule has 1 amide bonds. The molecule has 2 fully saturated rings. The minimum Gasteiger partial charge on any atom is -0.344 e. The van der Waals surface area contributed by atoms with E-state index in [1.807, 2.05) is 0 Å². The fourth-order valence-corrected chi connectivity index (χ4v) is 4.81. The first-order chi connectivity index (χ1) is 11.6. The van der Waals surface area contributed by atoms with Crippen LogP contribution in [0.1, 0.15) is 37.4 Å². The Labute approximate surface area is 141 Å². The average molecular weight is 324 g/mol. The number of aromatic nitrogens is 2. The van der Waals surface area contributed by atoms with E-state index in [1.54, 1.807) is 0 Å². The van der Waals surface area contributed by atoms with Gasteiger partial charge in [0.05, 0.1) is 16.7 Å². The van der Waals surface area contributed by atoms with Crippen LogP contribution in [-0.2, 0) is 23.2 Å². The summed E-state index contributed by atoms with van der Waals surface area (Å²) in [5.41, 5.74) is 3.35. The number of imidazole rings is 1. The van der Waals surface area contributed by atoms with E-state index in [1.165, 1.54) is 16.8 Å². The second-order valence-corrected chi connectivity index (χ2v) is 8.11. The quantitative estimate of drug-likeness (QED) is 0.902. The van der Waals surface area contributed by atoms with E-state index in [2.05, 4.69) is 47.2 Å². The number of rotatable bonds is 3. The van der Waals surface area contributed by atoms with Crippen LogP contribution in [0.4, 0.5) is 0 Å². The Morgan fingerprint density at radius 1 is 1.33 bits per heavy atom. The summed E-state index contributed by atoms with van der Waals surface area (Å²) in [6.07, 6.45) is 5.39. The summed E-state index contributed by atoms with van der Waals surface area (Å²) in [6, 6.07) is 4.30. The van der Waals surface area contributed by atoms with Gasteiger partial charge < -0.3 is 15.0 Å². The van der Waals surface area contributed by atoms with Crippen molar-refractivity contribution in [2.45, 2.75) is 38.6 Å².